The number of nitrogens with one attached hydrogen (secondary N) is 2. The van der Waals surface area contributed by atoms with Crippen LogP contribution in [0.4, 0.5) is 5.69 Å². The number of methoxy groups -OCH3 is 2. The lowest BCUT2D eigenvalue weighted by Crippen LogP contribution is -2.24. The summed E-state index contributed by atoms with van der Waals surface area (Å²) in [5.74, 6) is 1.00. The predicted molar refractivity (Wildman–Crippen MR) is 111 cm³/mol. The van der Waals surface area contributed by atoms with Gasteiger partial charge in [-0.15, -0.1) is 0 Å². The van der Waals surface area contributed by atoms with Crippen molar-refractivity contribution in [3.8, 4) is 11.5 Å². The van der Waals surface area contributed by atoms with Crippen LogP contribution in [-0.4, -0.2) is 26.0 Å². The van der Waals surface area contributed by atoms with Crippen molar-refractivity contribution in [2.45, 2.75) is 26.3 Å². The Kier molecular flexibility index (Phi) is 7.63. The lowest BCUT2D eigenvalue weighted by Gasteiger charge is -2.14. The highest BCUT2D eigenvalue weighted by Gasteiger charge is 2.08. The SMILES string of the molecule is CCC(=O)Nc1ccc(C(C)NC(=O)/C=C/c2ccc(OC)c(OC)c2)cc1. The molecule has 1 atom stereocenters. The maximum Gasteiger partial charge on any atom is 0.244 e. The Balaban J connectivity index is 1.96. The molecule has 0 fully saturated rings. The van der Waals surface area contributed by atoms with Crippen LogP contribution in [0.1, 0.15) is 37.4 Å². The van der Waals surface area contributed by atoms with Gasteiger partial charge in [0, 0.05) is 18.2 Å². The number of carbonyl (C=O) groups is 2. The molecule has 0 radical (unpaired) electrons. The van der Waals surface area contributed by atoms with E-state index in [1.54, 1.807) is 39.4 Å². The number of hydrogen-bond acceptors (Lipinski definition) is 4. The van der Waals surface area contributed by atoms with Crippen molar-refractivity contribution in [3.63, 3.8) is 0 Å². The lowest BCUT2D eigenvalue weighted by molar-refractivity contribution is -0.117. The highest BCUT2D eigenvalue weighted by Crippen LogP contribution is 2.28. The molecule has 0 saturated heterocycles. The standard InChI is InChI=1S/C22H26N2O4/c1-5-21(25)24-18-10-8-17(9-11-18)15(2)23-22(26)13-7-16-6-12-19(27-3)20(14-16)28-4/h6-15H,5H2,1-4H3,(H,23,26)(H,24,25)/b13-7+. The van der Waals surface area contributed by atoms with Crippen molar-refractivity contribution >= 4 is 23.6 Å². The minimum absolute atomic E-state index is 0.0330. The summed E-state index contributed by atoms with van der Waals surface area (Å²) >= 11 is 0. The molecule has 0 aromatic heterocycles. The van der Waals surface area contributed by atoms with E-state index in [0.29, 0.717) is 17.9 Å². The van der Waals surface area contributed by atoms with Gasteiger partial charge < -0.3 is 20.1 Å². The largest absolute Gasteiger partial charge is 0.493 e. The number of hydrogen-bond donors (Lipinski definition) is 2. The molecule has 0 saturated carbocycles. The van der Waals surface area contributed by atoms with Gasteiger partial charge in [-0.25, -0.2) is 0 Å². The first-order valence-electron chi connectivity index (χ1n) is 9.07. The summed E-state index contributed by atoms with van der Waals surface area (Å²) in [5.41, 5.74) is 2.52. The highest BCUT2D eigenvalue weighted by atomic mass is 16.5. The third-order valence-corrected chi connectivity index (χ3v) is 4.21. The van der Waals surface area contributed by atoms with Gasteiger partial charge in [-0.05, 0) is 48.4 Å². The van der Waals surface area contributed by atoms with E-state index in [0.717, 1.165) is 16.8 Å². The molecule has 2 amide bonds. The van der Waals surface area contributed by atoms with Gasteiger partial charge in [0.2, 0.25) is 11.8 Å². The molecule has 0 bridgehead atoms. The fourth-order valence-corrected chi connectivity index (χ4v) is 2.58. The molecule has 1 unspecified atom stereocenters. The van der Waals surface area contributed by atoms with Crippen molar-refractivity contribution in [2.75, 3.05) is 19.5 Å². The number of amides is 2. The van der Waals surface area contributed by atoms with E-state index in [-0.39, 0.29) is 17.9 Å². The Bertz CT molecular complexity index is 844. The van der Waals surface area contributed by atoms with E-state index in [9.17, 15) is 9.59 Å². The lowest BCUT2D eigenvalue weighted by atomic mass is 10.1. The fourth-order valence-electron chi connectivity index (χ4n) is 2.58. The molecule has 2 aromatic rings. The summed E-state index contributed by atoms with van der Waals surface area (Å²) in [6, 6.07) is 12.7. The number of ether oxygens (including phenoxy) is 2. The molecule has 0 heterocycles. The first kappa shape index (κ1) is 21.0. The van der Waals surface area contributed by atoms with Crippen molar-refractivity contribution in [1.29, 1.82) is 0 Å². The molecule has 28 heavy (non-hydrogen) atoms. The smallest absolute Gasteiger partial charge is 0.244 e. The summed E-state index contributed by atoms with van der Waals surface area (Å²) < 4.78 is 10.5. The van der Waals surface area contributed by atoms with E-state index in [4.69, 9.17) is 9.47 Å². The van der Waals surface area contributed by atoms with Gasteiger partial charge >= 0.3 is 0 Å². The van der Waals surface area contributed by atoms with Crippen molar-refractivity contribution in [1.82, 2.24) is 5.32 Å². The summed E-state index contributed by atoms with van der Waals surface area (Å²) in [6.07, 6.45) is 3.63. The van der Waals surface area contributed by atoms with Gasteiger partial charge in [0.25, 0.3) is 0 Å². The summed E-state index contributed by atoms with van der Waals surface area (Å²) in [6.45, 7) is 3.71. The van der Waals surface area contributed by atoms with Gasteiger partial charge in [0.15, 0.2) is 11.5 Å². The monoisotopic (exact) mass is 382 g/mol. The summed E-state index contributed by atoms with van der Waals surface area (Å²) in [4.78, 5) is 23.6. The minimum Gasteiger partial charge on any atom is -0.493 e. The second-order valence-electron chi connectivity index (χ2n) is 6.20. The molecule has 0 aliphatic carbocycles. The molecular formula is C22H26N2O4. The first-order chi connectivity index (χ1) is 13.5. The molecule has 0 spiro atoms. The van der Waals surface area contributed by atoms with Crippen LogP contribution in [0.15, 0.2) is 48.5 Å². The Morgan fingerprint density at radius 1 is 1.04 bits per heavy atom. The number of rotatable bonds is 8. The topological polar surface area (TPSA) is 76.7 Å². The van der Waals surface area contributed by atoms with E-state index >= 15 is 0 Å². The molecular weight excluding hydrogens is 356 g/mol. The van der Waals surface area contributed by atoms with Crippen molar-refractivity contribution < 1.29 is 19.1 Å². The third kappa shape index (κ3) is 5.87. The van der Waals surface area contributed by atoms with Crippen LogP contribution in [0.3, 0.4) is 0 Å². The average molecular weight is 382 g/mol. The predicted octanol–water partition coefficient (Wildman–Crippen LogP) is 3.94. The summed E-state index contributed by atoms with van der Waals surface area (Å²) in [7, 11) is 3.14. The fraction of sp³-hybridized carbons (Fsp3) is 0.273. The molecule has 2 aromatic carbocycles. The Morgan fingerprint density at radius 3 is 2.32 bits per heavy atom. The molecule has 148 valence electrons. The number of benzene rings is 2. The van der Waals surface area contributed by atoms with Gasteiger partial charge in [0.05, 0.1) is 20.3 Å². The maximum atomic E-state index is 12.2. The zero-order valence-electron chi connectivity index (χ0n) is 16.6. The average Bonchev–Trinajstić information content (AvgIpc) is 2.72. The molecule has 6 heteroatoms. The quantitative estimate of drug-likeness (QED) is 0.678. The zero-order valence-corrected chi connectivity index (χ0v) is 16.6. The molecule has 2 rings (SSSR count). The second-order valence-corrected chi connectivity index (χ2v) is 6.20. The Morgan fingerprint density at radius 2 is 1.71 bits per heavy atom. The van der Waals surface area contributed by atoms with Crippen LogP contribution in [0.2, 0.25) is 0 Å². The number of anilines is 1. The first-order valence-corrected chi connectivity index (χ1v) is 9.07. The normalized spacial score (nSPS) is 11.7. The number of carbonyl (C=O) groups excluding carboxylic acids is 2. The molecule has 6 nitrogen and oxygen atoms in total. The van der Waals surface area contributed by atoms with E-state index in [1.165, 1.54) is 6.08 Å². The summed E-state index contributed by atoms with van der Waals surface area (Å²) in [5, 5.41) is 5.72. The molecule has 0 aliphatic rings. The third-order valence-electron chi connectivity index (χ3n) is 4.21. The minimum atomic E-state index is -0.203. The Hall–Kier alpha value is -3.28. The van der Waals surface area contributed by atoms with Crippen LogP contribution in [0, 0.1) is 0 Å². The molecule has 2 N–H and O–H groups in total. The van der Waals surface area contributed by atoms with Gasteiger partial charge in [-0.2, -0.15) is 0 Å². The van der Waals surface area contributed by atoms with Crippen LogP contribution in [0.25, 0.3) is 6.08 Å². The molecule has 0 aliphatic heterocycles. The van der Waals surface area contributed by atoms with Gasteiger partial charge in [-0.3, -0.25) is 9.59 Å². The van der Waals surface area contributed by atoms with Crippen molar-refractivity contribution in [3.05, 3.63) is 59.7 Å². The maximum absolute atomic E-state index is 12.2. The van der Waals surface area contributed by atoms with E-state index < -0.39 is 0 Å². The van der Waals surface area contributed by atoms with Gasteiger partial charge in [0.1, 0.15) is 0 Å². The Labute approximate surface area is 165 Å². The zero-order chi connectivity index (χ0) is 20.5. The van der Waals surface area contributed by atoms with Crippen LogP contribution >= 0.6 is 0 Å². The highest BCUT2D eigenvalue weighted by molar-refractivity contribution is 5.92. The second kappa shape index (κ2) is 10.2. The van der Waals surface area contributed by atoms with E-state index in [2.05, 4.69) is 10.6 Å². The van der Waals surface area contributed by atoms with E-state index in [1.807, 2.05) is 37.3 Å². The van der Waals surface area contributed by atoms with Crippen LogP contribution in [0.5, 0.6) is 11.5 Å². The van der Waals surface area contributed by atoms with Crippen LogP contribution in [-0.2, 0) is 9.59 Å². The van der Waals surface area contributed by atoms with Crippen molar-refractivity contribution in [2.24, 2.45) is 0 Å². The van der Waals surface area contributed by atoms with Gasteiger partial charge in [-0.1, -0.05) is 25.1 Å². The van der Waals surface area contributed by atoms with Crippen LogP contribution < -0.4 is 20.1 Å².